The zero-order chi connectivity index (χ0) is 12.7. The third-order valence-corrected chi connectivity index (χ3v) is 3.28. The van der Waals surface area contributed by atoms with E-state index in [1.807, 2.05) is 36.9 Å². The van der Waals surface area contributed by atoms with Crippen LogP contribution in [0.1, 0.15) is 20.3 Å². The Kier molecular flexibility index (Phi) is 6.05. The van der Waals surface area contributed by atoms with Gasteiger partial charge in [0.15, 0.2) is 0 Å². The Morgan fingerprint density at radius 2 is 2.18 bits per heavy atom. The molecule has 0 heterocycles. The Morgan fingerprint density at radius 1 is 1.41 bits per heavy atom. The van der Waals surface area contributed by atoms with E-state index in [-0.39, 0.29) is 0 Å². The molecule has 3 nitrogen and oxygen atoms in total. The second-order valence-electron chi connectivity index (χ2n) is 3.89. The van der Waals surface area contributed by atoms with Crippen LogP contribution in [0.4, 0.5) is 11.4 Å². The minimum atomic E-state index is 0.489. The minimum absolute atomic E-state index is 0.489. The number of rotatable bonds is 7. The van der Waals surface area contributed by atoms with Gasteiger partial charge in [0.25, 0.3) is 0 Å². The molecule has 0 aromatic heterocycles. The van der Waals surface area contributed by atoms with Gasteiger partial charge in [0, 0.05) is 23.5 Å². The van der Waals surface area contributed by atoms with Crippen molar-refractivity contribution < 1.29 is 4.74 Å². The lowest BCUT2D eigenvalue weighted by Crippen LogP contribution is -2.21. The summed E-state index contributed by atoms with van der Waals surface area (Å²) in [5, 5.41) is 3.50. The summed E-state index contributed by atoms with van der Waals surface area (Å²) < 4.78 is 5.48. The van der Waals surface area contributed by atoms with E-state index in [1.165, 1.54) is 0 Å². The van der Waals surface area contributed by atoms with Crippen LogP contribution in [0.3, 0.4) is 0 Å². The Bertz CT molecular complexity index is 344. The van der Waals surface area contributed by atoms with Crippen LogP contribution in [0.5, 0.6) is 5.75 Å². The van der Waals surface area contributed by atoms with Gasteiger partial charge in [0.2, 0.25) is 0 Å². The Morgan fingerprint density at radius 3 is 2.76 bits per heavy atom. The number of thioether (sulfide) groups is 1. The van der Waals surface area contributed by atoms with Gasteiger partial charge in [-0.2, -0.15) is 11.8 Å². The summed E-state index contributed by atoms with van der Waals surface area (Å²) in [6.07, 6.45) is 3.23. The van der Waals surface area contributed by atoms with Crippen molar-refractivity contribution in [1.29, 1.82) is 0 Å². The highest BCUT2D eigenvalue weighted by atomic mass is 32.2. The highest BCUT2D eigenvalue weighted by Gasteiger charge is 2.07. The minimum Gasteiger partial charge on any atom is -0.492 e. The molecule has 96 valence electrons. The maximum atomic E-state index is 5.84. The normalized spacial score (nSPS) is 12.2. The van der Waals surface area contributed by atoms with E-state index in [9.17, 15) is 0 Å². The van der Waals surface area contributed by atoms with Crippen LogP contribution in [0, 0.1) is 0 Å². The molecule has 0 aliphatic heterocycles. The van der Waals surface area contributed by atoms with Crippen molar-refractivity contribution in [3.05, 3.63) is 18.2 Å². The molecule has 0 saturated carbocycles. The van der Waals surface area contributed by atoms with E-state index in [4.69, 9.17) is 10.5 Å². The molecular weight excluding hydrogens is 232 g/mol. The number of nitrogens with one attached hydrogen (secondary N) is 1. The molecule has 1 unspecified atom stereocenters. The number of nitrogen functional groups attached to an aromatic ring is 1. The standard InChI is InChI=1S/C13H22N2OS/c1-4-10(9-17-3)15-11-6-7-12(14)13(8-11)16-5-2/h6-8,10,15H,4-5,9,14H2,1-3H3. The van der Waals surface area contributed by atoms with E-state index >= 15 is 0 Å². The van der Waals surface area contributed by atoms with E-state index in [2.05, 4.69) is 18.5 Å². The quantitative estimate of drug-likeness (QED) is 0.733. The van der Waals surface area contributed by atoms with Crippen molar-refractivity contribution in [2.75, 3.05) is 29.7 Å². The largest absolute Gasteiger partial charge is 0.492 e. The molecule has 0 aliphatic carbocycles. The summed E-state index contributed by atoms with van der Waals surface area (Å²) in [5.41, 5.74) is 7.60. The van der Waals surface area contributed by atoms with Gasteiger partial charge in [0.05, 0.1) is 12.3 Å². The second-order valence-corrected chi connectivity index (χ2v) is 4.80. The number of ether oxygens (including phenoxy) is 1. The zero-order valence-electron chi connectivity index (χ0n) is 10.8. The number of hydrogen-bond donors (Lipinski definition) is 2. The van der Waals surface area contributed by atoms with Crippen LogP contribution >= 0.6 is 11.8 Å². The van der Waals surface area contributed by atoms with Crippen molar-refractivity contribution in [3.8, 4) is 5.75 Å². The number of benzene rings is 1. The molecule has 0 saturated heterocycles. The van der Waals surface area contributed by atoms with Crippen LogP contribution in [-0.2, 0) is 0 Å². The maximum Gasteiger partial charge on any atom is 0.144 e. The Balaban J connectivity index is 2.73. The monoisotopic (exact) mass is 254 g/mol. The van der Waals surface area contributed by atoms with Crippen LogP contribution in [0.15, 0.2) is 18.2 Å². The lowest BCUT2D eigenvalue weighted by Gasteiger charge is -2.18. The molecule has 0 amide bonds. The predicted octanol–water partition coefficient (Wildman–Crippen LogP) is 3.22. The molecule has 0 radical (unpaired) electrons. The molecule has 1 aromatic rings. The third-order valence-electron chi connectivity index (χ3n) is 2.54. The average molecular weight is 254 g/mol. The smallest absolute Gasteiger partial charge is 0.144 e. The van der Waals surface area contributed by atoms with Gasteiger partial charge < -0.3 is 15.8 Å². The fourth-order valence-electron chi connectivity index (χ4n) is 1.60. The van der Waals surface area contributed by atoms with E-state index < -0.39 is 0 Å². The van der Waals surface area contributed by atoms with Crippen molar-refractivity contribution in [3.63, 3.8) is 0 Å². The average Bonchev–Trinajstić information content (AvgIpc) is 2.33. The first-order valence-electron chi connectivity index (χ1n) is 5.99. The van der Waals surface area contributed by atoms with Gasteiger partial charge in [-0.1, -0.05) is 6.92 Å². The summed E-state index contributed by atoms with van der Waals surface area (Å²) in [4.78, 5) is 0. The first-order chi connectivity index (χ1) is 8.21. The fourth-order valence-corrected chi connectivity index (χ4v) is 2.32. The molecular formula is C13H22N2OS. The van der Waals surface area contributed by atoms with Crippen molar-refractivity contribution in [2.24, 2.45) is 0 Å². The molecule has 0 fully saturated rings. The molecule has 1 atom stereocenters. The molecule has 0 bridgehead atoms. The van der Waals surface area contributed by atoms with E-state index in [0.717, 1.165) is 23.6 Å². The van der Waals surface area contributed by atoms with Crippen molar-refractivity contribution >= 4 is 23.1 Å². The van der Waals surface area contributed by atoms with Crippen LogP contribution in [0.2, 0.25) is 0 Å². The number of anilines is 2. The summed E-state index contributed by atoms with van der Waals surface area (Å²) >= 11 is 1.85. The van der Waals surface area contributed by atoms with Crippen LogP contribution in [0.25, 0.3) is 0 Å². The van der Waals surface area contributed by atoms with Crippen molar-refractivity contribution in [2.45, 2.75) is 26.3 Å². The summed E-state index contributed by atoms with van der Waals surface area (Å²) in [7, 11) is 0. The van der Waals surface area contributed by atoms with Crippen LogP contribution in [-0.4, -0.2) is 24.7 Å². The number of hydrogen-bond acceptors (Lipinski definition) is 4. The van der Waals surface area contributed by atoms with Gasteiger partial charge in [-0.15, -0.1) is 0 Å². The lowest BCUT2D eigenvalue weighted by molar-refractivity contribution is 0.342. The lowest BCUT2D eigenvalue weighted by atomic mass is 10.2. The molecule has 1 rings (SSSR count). The highest BCUT2D eigenvalue weighted by Crippen LogP contribution is 2.26. The third kappa shape index (κ3) is 4.38. The molecule has 17 heavy (non-hydrogen) atoms. The van der Waals surface area contributed by atoms with Gasteiger partial charge in [-0.3, -0.25) is 0 Å². The molecule has 0 spiro atoms. The van der Waals surface area contributed by atoms with Crippen LogP contribution < -0.4 is 15.8 Å². The zero-order valence-corrected chi connectivity index (χ0v) is 11.6. The van der Waals surface area contributed by atoms with Gasteiger partial charge in [0.1, 0.15) is 5.75 Å². The maximum absolute atomic E-state index is 5.84. The molecule has 1 aromatic carbocycles. The first-order valence-corrected chi connectivity index (χ1v) is 7.38. The van der Waals surface area contributed by atoms with Gasteiger partial charge in [-0.05, 0) is 31.7 Å². The fraction of sp³-hybridized carbons (Fsp3) is 0.538. The topological polar surface area (TPSA) is 47.3 Å². The summed E-state index contributed by atoms with van der Waals surface area (Å²) in [5.74, 6) is 1.86. The number of nitrogens with two attached hydrogens (primary N) is 1. The SMILES string of the molecule is CCOc1cc(NC(CC)CSC)ccc1N. The second kappa shape index (κ2) is 7.33. The molecule has 4 heteroatoms. The summed E-state index contributed by atoms with van der Waals surface area (Å²) in [6.45, 7) is 4.78. The molecule has 3 N–H and O–H groups in total. The first kappa shape index (κ1) is 14.0. The van der Waals surface area contributed by atoms with Crippen molar-refractivity contribution in [1.82, 2.24) is 0 Å². The Labute approximate surface area is 108 Å². The Hall–Kier alpha value is -1.03. The van der Waals surface area contributed by atoms with Gasteiger partial charge >= 0.3 is 0 Å². The molecule has 0 aliphatic rings. The van der Waals surface area contributed by atoms with E-state index in [1.54, 1.807) is 0 Å². The van der Waals surface area contributed by atoms with Gasteiger partial charge in [-0.25, -0.2) is 0 Å². The van der Waals surface area contributed by atoms with E-state index in [0.29, 0.717) is 18.3 Å². The predicted molar refractivity (Wildman–Crippen MR) is 78.1 cm³/mol. The summed E-state index contributed by atoms with van der Waals surface area (Å²) in [6, 6.07) is 6.35. The highest BCUT2D eigenvalue weighted by molar-refractivity contribution is 7.98.